The monoisotopic (exact) mass is 788 g/mol. The molecule has 0 saturated heterocycles. The Morgan fingerprint density at radius 2 is 1.91 bits per heavy atom. The van der Waals surface area contributed by atoms with Gasteiger partial charge in [-0.1, -0.05) is 67.9 Å². The molecular formula is C41H37BrN6O6. The van der Waals surface area contributed by atoms with Crippen LogP contribution in [0.15, 0.2) is 74.2 Å². The van der Waals surface area contributed by atoms with E-state index in [4.69, 9.17) is 23.5 Å². The first-order valence-corrected chi connectivity index (χ1v) is 19.2. The van der Waals surface area contributed by atoms with Crippen molar-refractivity contribution in [2.75, 3.05) is 5.32 Å². The fourth-order valence-corrected chi connectivity index (χ4v) is 9.20. The first kappa shape index (κ1) is 33.2. The Morgan fingerprint density at radius 3 is 2.70 bits per heavy atom. The largest absolute Gasteiger partial charge is 0.469 e. The maximum Gasteiger partial charge on any atom is 0.252 e. The van der Waals surface area contributed by atoms with Gasteiger partial charge in [-0.15, -0.1) is 0 Å². The molecule has 4 atom stereocenters. The van der Waals surface area contributed by atoms with Crippen LogP contribution in [0.25, 0.3) is 44.9 Å². The molecule has 274 valence electrons. The normalized spacial score (nSPS) is 21.8. The number of oxazole rings is 2. The molecule has 3 aromatic carbocycles. The summed E-state index contributed by atoms with van der Waals surface area (Å²) < 4.78 is 21.4. The van der Waals surface area contributed by atoms with Gasteiger partial charge in [-0.25, -0.2) is 9.97 Å². The van der Waals surface area contributed by atoms with Crippen molar-refractivity contribution < 1.29 is 28.3 Å². The van der Waals surface area contributed by atoms with E-state index in [-0.39, 0.29) is 37.0 Å². The Kier molecular flexibility index (Phi) is 7.10. The fourth-order valence-electron chi connectivity index (χ4n) is 8.75. The summed E-state index contributed by atoms with van der Waals surface area (Å²) in [5.74, 6) is 0.975. The molecule has 0 saturated carbocycles. The van der Waals surface area contributed by atoms with Crippen LogP contribution in [0.1, 0.15) is 74.9 Å². The van der Waals surface area contributed by atoms with Gasteiger partial charge in [-0.2, -0.15) is 0 Å². The highest BCUT2D eigenvalue weighted by Crippen LogP contribution is 2.62. The summed E-state index contributed by atoms with van der Waals surface area (Å²) in [7, 11) is 0. The van der Waals surface area contributed by atoms with Gasteiger partial charge in [0.25, 0.3) is 5.91 Å². The highest BCUT2D eigenvalue weighted by atomic mass is 79.9. The molecule has 4 aliphatic heterocycles. The van der Waals surface area contributed by atoms with Gasteiger partial charge in [0.05, 0.1) is 6.20 Å². The summed E-state index contributed by atoms with van der Waals surface area (Å²) in [6.45, 7) is 7.44. The summed E-state index contributed by atoms with van der Waals surface area (Å²) in [4.78, 5) is 41.2. The number of hydrogen-bond acceptors (Lipinski definition) is 9. The van der Waals surface area contributed by atoms with E-state index in [0.29, 0.717) is 23.0 Å². The number of fused-ring (bicyclic) bond motifs is 7. The number of benzene rings is 3. The Bertz CT molecular complexity index is 2570. The topological polar surface area (TPSA) is 168 Å². The van der Waals surface area contributed by atoms with Crippen LogP contribution in [-0.2, 0) is 21.4 Å². The number of carbonyl (C=O) groups excluding carboxylic acids is 2. The highest BCUT2D eigenvalue weighted by Gasteiger charge is 2.62. The van der Waals surface area contributed by atoms with E-state index in [2.05, 4.69) is 55.1 Å². The zero-order valence-electron chi connectivity index (χ0n) is 30.0. The maximum atomic E-state index is 14.3. The smallest absolute Gasteiger partial charge is 0.252 e. The van der Waals surface area contributed by atoms with Crippen molar-refractivity contribution in [1.82, 2.24) is 25.6 Å². The Hall–Kier alpha value is -5.40. The number of carbonyl (C=O) groups is 2. The van der Waals surface area contributed by atoms with Crippen LogP contribution in [-0.4, -0.2) is 49.7 Å². The molecule has 4 aliphatic rings. The minimum Gasteiger partial charge on any atom is -0.469 e. The van der Waals surface area contributed by atoms with Crippen LogP contribution in [0.5, 0.6) is 5.75 Å². The lowest BCUT2D eigenvalue weighted by molar-refractivity contribution is -0.143. The van der Waals surface area contributed by atoms with Crippen LogP contribution in [0.2, 0.25) is 0 Å². The summed E-state index contributed by atoms with van der Waals surface area (Å²) in [5, 5.41) is 21.9. The molecule has 13 heteroatoms. The molecule has 2 amide bonds. The number of rotatable bonds is 5. The van der Waals surface area contributed by atoms with Crippen LogP contribution in [0.4, 0.5) is 5.69 Å². The van der Waals surface area contributed by atoms with Crippen molar-refractivity contribution in [2.24, 2.45) is 5.92 Å². The van der Waals surface area contributed by atoms with Gasteiger partial charge in [0, 0.05) is 55.9 Å². The number of ether oxygens (including phenoxy) is 1. The van der Waals surface area contributed by atoms with Crippen LogP contribution >= 0.6 is 15.9 Å². The van der Waals surface area contributed by atoms with Gasteiger partial charge in [-0.3, -0.25) is 9.59 Å². The standard InChI is InChI=1S/C41H37BrN6O6/c1-5-40(51,6-2)38(50)45-27-13-19-10-11-28-24(12-19)41-25-15-20(42)14-22(32(25)48-39(41)53-28)21-8-7-9-26-30(21)23(16-43-26)29-17-44-36(52-29)33-34(41)54-37(47-33)31(18(3)4)46-35(27)49/h7-12,14-18,27,31,39,43,48,51H,5-6,13H2,1-4H3,(H,45,50)(H,46,49)/t27-,31-,39?,41?/m0/s1. The molecule has 0 fully saturated rings. The Morgan fingerprint density at radius 1 is 1.07 bits per heavy atom. The number of anilines is 1. The van der Waals surface area contributed by atoms with Crippen molar-refractivity contribution in [2.45, 2.75) is 76.3 Å². The lowest BCUT2D eigenvalue weighted by atomic mass is 9.72. The molecule has 10 rings (SSSR count). The van der Waals surface area contributed by atoms with Crippen LogP contribution < -0.4 is 20.7 Å². The quantitative estimate of drug-likeness (QED) is 0.122. The second-order valence-corrected chi connectivity index (χ2v) is 16.0. The number of nitrogens with one attached hydrogen (secondary N) is 4. The average Bonchev–Trinajstić information content (AvgIpc) is 3.99. The number of amides is 2. The van der Waals surface area contributed by atoms with Crippen molar-refractivity contribution in [3.05, 3.63) is 93.7 Å². The first-order chi connectivity index (χ1) is 26.0. The molecule has 3 aromatic heterocycles. The zero-order chi connectivity index (χ0) is 37.3. The molecule has 6 aromatic rings. The predicted octanol–water partition coefficient (Wildman–Crippen LogP) is 7.10. The van der Waals surface area contributed by atoms with Crippen LogP contribution in [0, 0.1) is 5.92 Å². The molecule has 5 N–H and O–H groups in total. The number of aliphatic hydroxyl groups is 1. The summed E-state index contributed by atoms with van der Waals surface area (Å²) in [6, 6.07) is 14.5. The Balaban J connectivity index is 1.28. The van der Waals surface area contributed by atoms with E-state index >= 15 is 0 Å². The average molecular weight is 790 g/mol. The van der Waals surface area contributed by atoms with E-state index in [9.17, 15) is 14.7 Å². The molecule has 10 bridgehead atoms. The molecule has 2 unspecified atom stereocenters. The van der Waals surface area contributed by atoms with Crippen molar-refractivity contribution in [1.29, 1.82) is 0 Å². The van der Waals surface area contributed by atoms with Gasteiger partial charge < -0.3 is 39.6 Å². The summed E-state index contributed by atoms with van der Waals surface area (Å²) in [6.07, 6.45) is 3.53. The van der Waals surface area contributed by atoms with Gasteiger partial charge in [0.1, 0.15) is 28.8 Å². The van der Waals surface area contributed by atoms with E-state index in [1.807, 2.05) is 50.4 Å². The molecule has 54 heavy (non-hydrogen) atoms. The van der Waals surface area contributed by atoms with Crippen molar-refractivity contribution in [3.8, 4) is 39.8 Å². The van der Waals surface area contributed by atoms with E-state index in [0.717, 1.165) is 54.4 Å². The van der Waals surface area contributed by atoms with Gasteiger partial charge in [-0.05, 0) is 54.2 Å². The molecule has 1 spiro atoms. The lowest BCUT2D eigenvalue weighted by Crippen LogP contribution is -2.55. The number of hydrogen-bond donors (Lipinski definition) is 5. The van der Waals surface area contributed by atoms with Crippen LogP contribution in [0.3, 0.4) is 0 Å². The predicted molar refractivity (Wildman–Crippen MR) is 204 cm³/mol. The second-order valence-electron chi connectivity index (χ2n) is 15.0. The first-order valence-electron chi connectivity index (χ1n) is 18.4. The number of H-pyrrole nitrogens is 1. The molecule has 12 nitrogen and oxygen atoms in total. The minimum atomic E-state index is -1.62. The Labute approximate surface area is 318 Å². The van der Waals surface area contributed by atoms with Crippen molar-refractivity contribution >= 4 is 44.3 Å². The fraction of sp³-hybridized carbons (Fsp3) is 0.317. The van der Waals surface area contributed by atoms with E-state index < -0.39 is 41.1 Å². The van der Waals surface area contributed by atoms with Gasteiger partial charge in [0.15, 0.2) is 23.4 Å². The molecule has 0 aliphatic carbocycles. The number of aromatic amines is 1. The maximum absolute atomic E-state index is 14.3. The highest BCUT2D eigenvalue weighted by molar-refractivity contribution is 9.10. The molecule has 7 heterocycles. The number of halogens is 1. The summed E-state index contributed by atoms with van der Waals surface area (Å²) in [5.41, 5.74) is 4.78. The lowest BCUT2D eigenvalue weighted by Gasteiger charge is -2.30. The number of aromatic nitrogens is 3. The third-order valence-corrected chi connectivity index (χ3v) is 12.2. The SMILES string of the molecule is CCC(O)(CC)C(=O)N[C@H]1Cc2ccc3c(c2)C24c5cc(Br)cc(c5NC2O3)-c2cccc3[nH]cc(c23)-c2cnc(o2)-c2nc(oc24)[C@H](C(C)C)NC1=O. The third kappa shape index (κ3) is 4.45. The van der Waals surface area contributed by atoms with Gasteiger partial charge in [0.2, 0.25) is 17.7 Å². The zero-order valence-corrected chi connectivity index (χ0v) is 31.6. The summed E-state index contributed by atoms with van der Waals surface area (Å²) >= 11 is 3.88. The van der Waals surface area contributed by atoms with E-state index in [1.54, 1.807) is 20.0 Å². The second kappa shape index (κ2) is 11.6. The van der Waals surface area contributed by atoms with Crippen molar-refractivity contribution in [3.63, 3.8) is 0 Å². The molecule has 0 radical (unpaired) electrons. The van der Waals surface area contributed by atoms with E-state index in [1.165, 1.54) is 0 Å². The third-order valence-electron chi connectivity index (χ3n) is 11.8. The van der Waals surface area contributed by atoms with Gasteiger partial charge >= 0.3 is 0 Å². The number of nitrogens with zero attached hydrogens (tertiary/aromatic N) is 2. The molecular weight excluding hydrogens is 752 g/mol. The minimum absolute atomic E-state index is 0.157.